The number of carboxylic acids is 1. The van der Waals surface area contributed by atoms with Gasteiger partial charge in [0.25, 0.3) is 0 Å². The van der Waals surface area contributed by atoms with E-state index in [1.54, 1.807) is 6.92 Å². The van der Waals surface area contributed by atoms with Crippen LogP contribution in [-0.2, 0) is 14.8 Å². The lowest BCUT2D eigenvalue weighted by Gasteiger charge is -2.32. The molecular weight excluding hydrogens is 386 g/mol. The Labute approximate surface area is 135 Å². The van der Waals surface area contributed by atoms with E-state index in [-0.39, 0.29) is 32.5 Å². The molecule has 1 fully saturated rings. The number of nitrogens with zero attached hydrogens (tertiary/aromatic N) is 1. The van der Waals surface area contributed by atoms with Crippen molar-refractivity contribution in [2.75, 3.05) is 19.8 Å². The summed E-state index contributed by atoms with van der Waals surface area (Å²) in [6.07, 6.45) is 0. The van der Waals surface area contributed by atoms with E-state index in [9.17, 15) is 13.2 Å². The number of hydrogen-bond donors (Lipinski definition) is 1. The normalized spacial score (nSPS) is 20.4. The largest absolute Gasteiger partial charge is 0.478 e. The minimum absolute atomic E-state index is 0.0310. The van der Waals surface area contributed by atoms with Gasteiger partial charge < -0.3 is 9.84 Å². The summed E-state index contributed by atoms with van der Waals surface area (Å²) in [5.74, 6) is -1.28. The first-order valence-electron chi connectivity index (χ1n) is 6.07. The second-order valence-corrected chi connectivity index (χ2v) is 7.73. The van der Waals surface area contributed by atoms with E-state index >= 15 is 0 Å². The third kappa shape index (κ3) is 3.24. The number of hydrogen-bond acceptors (Lipinski definition) is 4. The first kappa shape index (κ1) is 16.7. The highest BCUT2D eigenvalue weighted by atomic mass is 79.9. The predicted octanol–water partition coefficient (Wildman–Crippen LogP) is 2.21. The molecule has 1 heterocycles. The van der Waals surface area contributed by atoms with Gasteiger partial charge in [-0.05, 0) is 35.0 Å². The molecule has 9 heteroatoms. The number of morpholine rings is 1. The summed E-state index contributed by atoms with van der Waals surface area (Å²) in [7, 11) is -3.81. The van der Waals surface area contributed by atoms with E-state index < -0.39 is 16.0 Å². The third-order valence-electron chi connectivity index (χ3n) is 3.15. The molecule has 1 N–H and O–H groups in total. The Morgan fingerprint density at radius 3 is 2.76 bits per heavy atom. The van der Waals surface area contributed by atoms with Crippen molar-refractivity contribution < 1.29 is 23.1 Å². The second-order valence-electron chi connectivity index (χ2n) is 4.61. The van der Waals surface area contributed by atoms with Crippen LogP contribution in [0.1, 0.15) is 17.3 Å². The number of rotatable bonds is 3. The molecule has 0 aromatic heterocycles. The molecule has 2 rings (SSSR count). The molecule has 1 aliphatic rings. The minimum atomic E-state index is -3.81. The van der Waals surface area contributed by atoms with E-state index in [1.165, 1.54) is 10.4 Å². The van der Waals surface area contributed by atoms with Crippen LogP contribution in [0, 0.1) is 0 Å². The van der Waals surface area contributed by atoms with Gasteiger partial charge in [0.15, 0.2) is 0 Å². The molecule has 0 amide bonds. The molecule has 116 valence electrons. The number of aromatic carboxylic acids is 1. The van der Waals surface area contributed by atoms with Gasteiger partial charge in [0.1, 0.15) is 0 Å². The SMILES string of the molecule is C[C@@H]1COCCN1S(=O)(=O)c1cc(Br)c(Cl)c(C(=O)O)c1. The number of benzene rings is 1. The second kappa shape index (κ2) is 6.21. The van der Waals surface area contributed by atoms with Gasteiger partial charge >= 0.3 is 5.97 Å². The van der Waals surface area contributed by atoms with Crippen LogP contribution in [0.25, 0.3) is 0 Å². The highest BCUT2D eigenvalue weighted by Crippen LogP contribution is 2.31. The Morgan fingerprint density at radius 1 is 1.52 bits per heavy atom. The number of halogens is 2. The number of carboxylic acid groups (broad SMARTS) is 1. The van der Waals surface area contributed by atoms with Crippen molar-refractivity contribution in [3.63, 3.8) is 0 Å². The zero-order valence-electron chi connectivity index (χ0n) is 11.0. The minimum Gasteiger partial charge on any atom is -0.478 e. The van der Waals surface area contributed by atoms with Crippen LogP contribution in [-0.4, -0.2) is 49.6 Å². The highest BCUT2D eigenvalue weighted by Gasteiger charge is 2.32. The van der Waals surface area contributed by atoms with Crippen LogP contribution in [0.15, 0.2) is 21.5 Å². The van der Waals surface area contributed by atoms with Crippen molar-refractivity contribution in [3.05, 3.63) is 27.2 Å². The maximum Gasteiger partial charge on any atom is 0.337 e. The standard InChI is InChI=1S/C12H13BrClNO5S/c1-7-6-20-3-2-15(7)21(18,19)8-4-9(12(16)17)11(14)10(13)5-8/h4-5,7H,2-3,6H2,1H3,(H,16,17)/t7-/m1/s1. The van der Waals surface area contributed by atoms with Gasteiger partial charge in [-0.3, -0.25) is 0 Å². The fourth-order valence-corrected chi connectivity index (χ4v) is 4.53. The molecule has 1 saturated heterocycles. The number of carbonyl (C=O) groups is 1. The average Bonchev–Trinajstić information content (AvgIpc) is 2.41. The summed E-state index contributed by atoms with van der Waals surface area (Å²) in [5, 5.41) is 9.08. The summed E-state index contributed by atoms with van der Waals surface area (Å²) >= 11 is 8.96. The number of sulfonamides is 1. The summed E-state index contributed by atoms with van der Waals surface area (Å²) in [6.45, 7) is 2.58. The van der Waals surface area contributed by atoms with E-state index in [0.717, 1.165) is 6.07 Å². The van der Waals surface area contributed by atoms with Crippen LogP contribution in [0.5, 0.6) is 0 Å². The Hall–Kier alpha value is -0.670. The Morgan fingerprint density at radius 2 is 2.19 bits per heavy atom. The molecule has 0 bridgehead atoms. The third-order valence-corrected chi connectivity index (χ3v) is 6.40. The zero-order chi connectivity index (χ0) is 15.8. The smallest absolute Gasteiger partial charge is 0.337 e. The Balaban J connectivity index is 2.52. The van der Waals surface area contributed by atoms with Gasteiger partial charge in [0.2, 0.25) is 10.0 Å². The lowest BCUT2D eigenvalue weighted by atomic mass is 10.2. The molecule has 1 aliphatic heterocycles. The molecule has 0 radical (unpaired) electrons. The van der Waals surface area contributed by atoms with Crippen molar-refractivity contribution in [2.24, 2.45) is 0 Å². The van der Waals surface area contributed by atoms with Gasteiger partial charge in [-0.1, -0.05) is 11.6 Å². The molecule has 1 aromatic carbocycles. The molecule has 1 aromatic rings. The highest BCUT2D eigenvalue weighted by molar-refractivity contribution is 9.10. The average molecular weight is 399 g/mol. The van der Waals surface area contributed by atoms with Gasteiger partial charge in [-0.15, -0.1) is 0 Å². The Kier molecular flexibility index (Phi) is 4.94. The first-order chi connectivity index (χ1) is 9.75. The molecule has 21 heavy (non-hydrogen) atoms. The van der Waals surface area contributed by atoms with Crippen molar-refractivity contribution in [1.29, 1.82) is 0 Å². The molecule has 6 nitrogen and oxygen atoms in total. The van der Waals surface area contributed by atoms with Crippen LogP contribution < -0.4 is 0 Å². The van der Waals surface area contributed by atoms with E-state index in [0.29, 0.717) is 13.2 Å². The molecule has 0 aliphatic carbocycles. The quantitative estimate of drug-likeness (QED) is 0.844. The van der Waals surface area contributed by atoms with Crippen molar-refractivity contribution in [2.45, 2.75) is 17.9 Å². The van der Waals surface area contributed by atoms with Gasteiger partial charge in [-0.2, -0.15) is 4.31 Å². The van der Waals surface area contributed by atoms with Crippen molar-refractivity contribution in [1.82, 2.24) is 4.31 Å². The van der Waals surface area contributed by atoms with Crippen molar-refractivity contribution >= 4 is 43.5 Å². The number of ether oxygens (including phenoxy) is 1. The maximum atomic E-state index is 12.6. The Bertz CT molecular complexity index is 678. The van der Waals surface area contributed by atoms with Crippen LogP contribution in [0.3, 0.4) is 0 Å². The van der Waals surface area contributed by atoms with E-state index in [1.807, 2.05) is 0 Å². The molecule has 0 unspecified atom stereocenters. The summed E-state index contributed by atoms with van der Waals surface area (Å²) in [4.78, 5) is 11.1. The van der Waals surface area contributed by atoms with Crippen LogP contribution in [0.4, 0.5) is 0 Å². The van der Waals surface area contributed by atoms with Gasteiger partial charge in [0, 0.05) is 17.1 Å². The van der Waals surface area contributed by atoms with Gasteiger partial charge in [-0.25, -0.2) is 13.2 Å². The fraction of sp³-hybridized carbons (Fsp3) is 0.417. The topological polar surface area (TPSA) is 83.9 Å². The van der Waals surface area contributed by atoms with Crippen LogP contribution >= 0.6 is 27.5 Å². The molecular formula is C12H13BrClNO5S. The fourth-order valence-electron chi connectivity index (χ4n) is 2.07. The lowest BCUT2D eigenvalue weighted by Crippen LogP contribution is -2.46. The van der Waals surface area contributed by atoms with Crippen LogP contribution in [0.2, 0.25) is 5.02 Å². The van der Waals surface area contributed by atoms with E-state index in [2.05, 4.69) is 15.9 Å². The lowest BCUT2D eigenvalue weighted by molar-refractivity contribution is 0.0392. The molecule has 0 saturated carbocycles. The molecule has 0 spiro atoms. The summed E-state index contributed by atoms with van der Waals surface area (Å²) in [5.41, 5.74) is -0.259. The predicted molar refractivity (Wildman–Crippen MR) is 80.3 cm³/mol. The van der Waals surface area contributed by atoms with Gasteiger partial charge in [0.05, 0.1) is 28.7 Å². The zero-order valence-corrected chi connectivity index (χ0v) is 14.2. The monoisotopic (exact) mass is 397 g/mol. The summed E-state index contributed by atoms with van der Waals surface area (Å²) in [6, 6.07) is 2.07. The first-order valence-corrected chi connectivity index (χ1v) is 8.68. The molecule has 1 atom stereocenters. The van der Waals surface area contributed by atoms with E-state index in [4.69, 9.17) is 21.4 Å². The van der Waals surface area contributed by atoms with Crippen molar-refractivity contribution in [3.8, 4) is 0 Å². The summed E-state index contributed by atoms with van der Waals surface area (Å²) < 4.78 is 32.0. The maximum absolute atomic E-state index is 12.6.